The number of hydrogen-bond donors (Lipinski definition) is 1. The van der Waals surface area contributed by atoms with Crippen LogP contribution in [0.5, 0.6) is 0 Å². The molecule has 7 heteroatoms. The third-order valence-electron chi connectivity index (χ3n) is 2.38. The number of aliphatic hydroxyl groups excluding tert-OH is 1. The predicted octanol–water partition coefficient (Wildman–Crippen LogP) is 1.67. The number of nitro groups is 2. The maximum absolute atomic E-state index is 10.8. The largest absolute Gasteiger partial charge is 0.396 e. The zero-order valence-corrected chi connectivity index (χ0v) is 9.20. The van der Waals surface area contributed by atoms with Gasteiger partial charge in [0.15, 0.2) is 0 Å². The van der Waals surface area contributed by atoms with Crippen LogP contribution in [-0.2, 0) is 6.42 Å². The van der Waals surface area contributed by atoms with E-state index in [0.29, 0.717) is 0 Å². The van der Waals surface area contributed by atoms with Gasteiger partial charge in [-0.05, 0) is 18.4 Å². The standard InChI is InChI=1S/C10H12N2O5/c1-7(6-13)5-8-9(11(14)15)3-2-4-10(8)12(16)17/h2-4,7,13H,5-6H2,1H3. The normalized spacial score (nSPS) is 12.1. The van der Waals surface area contributed by atoms with Crippen LogP contribution < -0.4 is 0 Å². The number of hydrogen-bond acceptors (Lipinski definition) is 5. The Bertz CT molecular complexity index is 414. The molecule has 0 spiro atoms. The zero-order chi connectivity index (χ0) is 13.0. The van der Waals surface area contributed by atoms with Crippen molar-refractivity contribution in [3.8, 4) is 0 Å². The van der Waals surface area contributed by atoms with Crippen LogP contribution in [-0.4, -0.2) is 21.6 Å². The molecular weight excluding hydrogens is 228 g/mol. The van der Waals surface area contributed by atoms with Gasteiger partial charge in [-0.15, -0.1) is 0 Å². The Labute approximate surface area is 97.0 Å². The summed E-state index contributed by atoms with van der Waals surface area (Å²) in [6.45, 7) is 1.49. The van der Waals surface area contributed by atoms with Crippen molar-refractivity contribution >= 4 is 11.4 Å². The highest BCUT2D eigenvalue weighted by atomic mass is 16.6. The van der Waals surface area contributed by atoms with Crippen LogP contribution in [0.1, 0.15) is 12.5 Å². The van der Waals surface area contributed by atoms with Gasteiger partial charge in [0.25, 0.3) is 11.4 Å². The van der Waals surface area contributed by atoms with Crippen LogP contribution in [0.2, 0.25) is 0 Å². The van der Waals surface area contributed by atoms with E-state index in [-0.39, 0.29) is 35.9 Å². The molecule has 0 radical (unpaired) electrons. The third-order valence-corrected chi connectivity index (χ3v) is 2.38. The average Bonchev–Trinajstić information content (AvgIpc) is 2.28. The molecular formula is C10H12N2O5. The summed E-state index contributed by atoms with van der Waals surface area (Å²) in [5.74, 6) is -0.269. The minimum absolute atomic E-state index is 0.0593. The molecule has 0 aliphatic rings. The van der Waals surface area contributed by atoms with E-state index >= 15 is 0 Å². The van der Waals surface area contributed by atoms with E-state index in [1.165, 1.54) is 18.2 Å². The maximum atomic E-state index is 10.8. The van der Waals surface area contributed by atoms with Gasteiger partial charge >= 0.3 is 0 Å². The molecule has 1 rings (SSSR count). The van der Waals surface area contributed by atoms with E-state index in [9.17, 15) is 20.2 Å². The van der Waals surface area contributed by atoms with Crippen LogP contribution in [0.15, 0.2) is 18.2 Å². The Balaban J connectivity index is 3.28. The Morgan fingerprint density at radius 1 is 1.24 bits per heavy atom. The molecule has 0 aliphatic heterocycles. The van der Waals surface area contributed by atoms with Crippen LogP contribution in [0.3, 0.4) is 0 Å². The molecule has 0 bridgehead atoms. The molecule has 7 nitrogen and oxygen atoms in total. The van der Waals surface area contributed by atoms with Crippen molar-refractivity contribution in [2.75, 3.05) is 6.61 Å². The fraction of sp³-hybridized carbons (Fsp3) is 0.400. The first kappa shape index (κ1) is 13.0. The van der Waals surface area contributed by atoms with Gasteiger partial charge in [0.1, 0.15) is 5.56 Å². The fourth-order valence-electron chi connectivity index (χ4n) is 1.53. The van der Waals surface area contributed by atoms with E-state index in [1.807, 2.05) is 0 Å². The molecule has 1 aromatic rings. The van der Waals surface area contributed by atoms with Crippen LogP contribution in [0.25, 0.3) is 0 Å². The van der Waals surface area contributed by atoms with Gasteiger partial charge in [-0.2, -0.15) is 0 Å². The summed E-state index contributed by atoms with van der Waals surface area (Å²) in [5.41, 5.74) is -0.497. The molecule has 0 aliphatic carbocycles. The van der Waals surface area contributed by atoms with E-state index in [4.69, 9.17) is 5.11 Å². The molecule has 1 unspecified atom stereocenters. The summed E-state index contributed by atoms with van der Waals surface area (Å²) in [7, 11) is 0. The lowest BCUT2D eigenvalue weighted by atomic mass is 9.99. The first-order valence-electron chi connectivity index (χ1n) is 4.99. The van der Waals surface area contributed by atoms with Gasteiger partial charge in [0.05, 0.1) is 9.85 Å². The Hall–Kier alpha value is -2.02. The molecule has 0 amide bonds. The molecule has 17 heavy (non-hydrogen) atoms. The third kappa shape index (κ3) is 2.97. The Kier molecular flexibility index (Phi) is 4.11. The zero-order valence-electron chi connectivity index (χ0n) is 9.20. The fourth-order valence-corrected chi connectivity index (χ4v) is 1.53. The topological polar surface area (TPSA) is 107 Å². The Morgan fingerprint density at radius 2 is 1.71 bits per heavy atom. The second-order valence-electron chi connectivity index (χ2n) is 3.78. The number of benzene rings is 1. The minimum atomic E-state index is -0.646. The summed E-state index contributed by atoms with van der Waals surface area (Å²) in [5, 5.41) is 30.5. The SMILES string of the molecule is CC(CO)Cc1c([N+](=O)[O-])cccc1[N+](=O)[O-]. The molecule has 0 fully saturated rings. The quantitative estimate of drug-likeness (QED) is 0.622. The minimum Gasteiger partial charge on any atom is -0.396 e. The van der Waals surface area contributed by atoms with E-state index in [0.717, 1.165) is 0 Å². The summed E-state index contributed by atoms with van der Waals surface area (Å²) < 4.78 is 0. The lowest BCUT2D eigenvalue weighted by molar-refractivity contribution is -0.395. The van der Waals surface area contributed by atoms with Crippen molar-refractivity contribution < 1.29 is 15.0 Å². The van der Waals surface area contributed by atoms with Gasteiger partial charge in [-0.1, -0.05) is 6.92 Å². The molecule has 0 saturated carbocycles. The highest BCUT2D eigenvalue weighted by molar-refractivity contribution is 5.53. The predicted molar refractivity (Wildman–Crippen MR) is 59.7 cm³/mol. The Morgan fingerprint density at radius 3 is 2.06 bits per heavy atom. The highest BCUT2D eigenvalue weighted by Crippen LogP contribution is 2.30. The second kappa shape index (κ2) is 5.35. The summed E-state index contributed by atoms with van der Waals surface area (Å²) in [6.07, 6.45) is 0.101. The summed E-state index contributed by atoms with van der Waals surface area (Å²) in [4.78, 5) is 20.3. The molecule has 1 N–H and O–H groups in total. The van der Waals surface area contributed by atoms with Gasteiger partial charge in [0, 0.05) is 18.7 Å². The van der Waals surface area contributed by atoms with Gasteiger partial charge in [-0.25, -0.2) is 0 Å². The number of nitro benzene ring substituents is 2. The van der Waals surface area contributed by atoms with Crippen molar-refractivity contribution in [1.82, 2.24) is 0 Å². The van der Waals surface area contributed by atoms with Gasteiger partial charge in [0.2, 0.25) is 0 Å². The van der Waals surface area contributed by atoms with Crippen molar-refractivity contribution in [3.63, 3.8) is 0 Å². The first-order chi connectivity index (χ1) is 7.97. The second-order valence-corrected chi connectivity index (χ2v) is 3.78. The van der Waals surface area contributed by atoms with E-state index < -0.39 is 9.85 Å². The average molecular weight is 240 g/mol. The number of aliphatic hydroxyl groups is 1. The van der Waals surface area contributed by atoms with Crippen LogP contribution in [0.4, 0.5) is 11.4 Å². The highest BCUT2D eigenvalue weighted by Gasteiger charge is 2.25. The maximum Gasteiger partial charge on any atom is 0.279 e. The van der Waals surface area contributed by atoms with Crippen molar-refractivity contribution in [1.29, 1.82) is 0 Å². The van der Waals surface area contributed by atoms with Crippen molar-refractivity contribution in [3.05, 3.63) is 44.0 Å². The molecule has 1 atom stereocenters. The number of rotatable bonds is 5. The number of nitrogens with zero attached hydrogens (tertiary/aromatic N) is 2. The van der Waals surface area contributed by atoms with E-state index in [1.54, 1.807) is 6.92 Å². The lowest BCUT2D eigenvalue weighted by Gasteiger charge is -2.08. The smallest absolute Gasteiger partial charge is 0.279 e. The van der Waals surface area contributed by atoms with Gasteiger partial charge in [-0.3, -0.25) is 20.2 Å². The monoisotopic (exact) mass is 240 g/mol. The molecule has 92 valence electrons. The first-order valence-corrected chi connectivity index (χ1v) is 4.99. The molecule has 1 aromatic carbocycles. The van der Waals surface area contributed by atoms with Crippen LogP contribution >= 0.6 is 0 Å². The molecule has 0 heterocycles. The molecule has 0 saturated heterocycles. The van der Waals surface area contributed by atoms with Crippen molar-refractivity contribution in [2.24, 2.45) is 5.92 Å². The summed E-state index contributed by atoms with van der Waals surface area (Å²) >= 11 is 0. The van der Waals surface area contributed by atoms with Crippen LogP contribution in [0, 0.1) is 26.1 Å². The van der Waals surface area contributed by atoms with Gasteiger partial charge < -0.3 is 5.11 Å². The van der Waals surface area contributed by atoms with E-state index in [2.05, 4.69) is 0 Å². The summed E-state index contributed by atoms with van der Waals surface area (Å²) in [6, 6.07) is 3.74. The lowest BCUT2D eigenvalue weighted by Crippen LogP contribution is -2.09. The molecule has 0 aromatic heterocycles. The van der Waals surface area contributed by atoms with Crippen molar-refractivity contribution in [2.45, 2.75) is 13.3 Å².